The van der Waals surface area contributed by atoms with Crippen LogP contribution < -0.4 is 0 Å². The van der Waals surface area contributed by atoms with E-state index in [0.29, 0.717) is 0 Å². The number of aryl methyl sites for hydroxylation is 1. The predicted molar refractivity (Wildman–Crippen MR) is 65.6 cm³/mol. The number of aliphatic hydroxyl groups excluding tert-OH is 1. The van der Waals surface area contributed by atoms with Crippen LogP contribution >= 0.6 is 0 Å². The van der Waals surface area contributed by atoms with Crippen LogP contribution in [0.3, 0.4) is 0 Å². The highest BCUT2D eigenvalue weighted by atomic mass is 16.3. The predicted octanol–water partition coefficient (Wildman–Crippen LogP) is 0.373. The van der Waals surface area contributed by atoms with E-state index in [1.54, 1.807) is 0 Å². The van der Waals surface area contributed by atoms with Gasteiger partial charge in [0.05, 0.1) is 18.5 Å². The van der Waals surface area contributed by atoms with Gasteiger partial charge in [0.2, 0.25) is 0 Å². The van der Waals surface area contributed by atoms with Crippen LogP contribution in [0.1, 0.15) is 17.7 Å². The van der Waals surface area contributed by atoms with Gasteiger partial charge in [0.15, 0.2) is 0 Å². The second kappa shape index (κ2) is 4.91. The quantitative estimate of drug-likeness (QED) is 0.822. The molecule has 6 heteroatoms. The molecule has 3 heterocycles. The van der Waals surface area contributed by atoms with Crippen molar-refractivity contribution < 1.29 is 5.11 Å². The Bertz CT molecular complexity index is 492. The monoisotopic (exact) mass is 247 g/mol. The van der Waals surface area contributed by atoms with Crippen LogP contribution in [0.5, 0.6) is 0 Å². The number of fused-ring (bicyclic) bond motifs is 1. The fourth-order valence-corrected chi connectivity index (χ4v) is 2.48. The second-order valence-electron chi connectivity index (χ2n) is 4.68. The van der Waals surface area contributed by atoms with E-state index in [0.717, 1.165) is 31.6 Å². The van der Waals surface area contributed by atoms with Crippen molar-refractivity contribution in [2.75, 3.05) is 6.61 Å². The Morgan fingerprint density at radius 3 is 3.22 bits per heavy atom. The summed E-state index contributed by atoms with van der Waals surface area (Å²) in [6, 6.07) is 2.23. The summed E-state index contributed by atoms with van der Waals surface area (Å²) in [5.41, 5.74) is 2.34. The second-order valence-corrected chi connectivity index (χ2v) is 4.68. The molecule has 0 bridgehead atoms. The third kappa shape index (κ3) is 2.16. The number of aromatic nitrogens is 4. The lowest BCUT2D eigenvalue weighted by Gasteiger charge is -2.27. The van der Waals surface area contributed by atoms with Crippen LogP contribution in [0.4, 0.5) is 0 Å². The Kier molecular flexibility index (Phi) is 3.12. The van der Waals surface area contributed by atoms with Gasteiger partial charge < -0.3 is 5.11 Å². The number of hydrogen-bond acceptors (Lipinski definition) is 4. The summed E-state index contributed by atoms with van der Waals surface area (Å²) in [5.74, 6) is 0. The lowest BCUT2D eigenvalue weighted by Crippen LogP contribution is -2.36. The van der Waals surface area contributed by atoms with Crippen molar-refractivity contribution in [3.63, 3.8) is 0 Å². The maximum absolute atomic E-state index is 9.54. The average molecular weight is 247 g/mol. The third-order valence-electron chi connectivity index (χ3n) is 3.51. The van der Waals surface area contributed by atoms with Gasteiger partial charge in [-0.25, -0.2) is 0 Å². The molecule has 0 fully saturated rings. The highest BCUT2D eigenvalue weighted by molar-refractivity contribution is 5.06. The van der Waals surface area contributed by atoms with Crippen LogP contribution in [0.25, 0.3) is 0 Å². The first-order valence-corrected chi connectivity index (χ1v) is 6.20. The highest BCUT2D eigenvalue weighted by Gasteiger charge is 2.23. The first-order valence-electron chi connectivity index (χ1n) is 6.20. The van der Waals surface area contributed by atoms with E-state index in [9.17, 15) is 5.11 Å². The van der Waals surface area contributed by atoms with Gasteiger partial charge in [-0.1, -0.05) is 0 Å². The molecule has 0 amide bonds. The van der Waals surface area contributed by atoms with Gasteiger partial charge in [-0.2, -0.15) is 10.2 Å². The molecule has 0 saturated heterocycles. The van der Waals surface area contributed by atoms with Gasteiger partial charge in [-0.15, -0.1) is 0 Å². The van der Waals surface area contributed by atoms with Crippen molar-refractivity contribution in [1.82, 2.24) is 24.9 Å². The summed E-state index contributed by atoms with van der Waals surface area (Å²) < 4.78 is 2.03. The molecule has 1 aliphatic rings. The van der Waals surface area contributed by atoms with Crippen molar-refractivity contribution in [3.8, 4) is 0 Å². The Balaban J connectivity index is 1.80. The largest absolute Gasteiger partial charge is 0.395 e. The smallest absolute Gasteiger partial charge is 0.0587 e. The zero-order chi connectivity index (χ0) is 12.4. The summed E-state index contributed by atoms with van der Waals surface area (Å²) in [5, 5.41) is 20.6. The van der Waals surface area contributed by atoms with E-state index in [1.165, 1.54) is 5.69 Å². The molecule has 0 aromatic carbocycles. The van der Waals surface area contributed by atoms with E-state index < -0.39 is 0 Å². The summed E-state index contributed by atoms with van der Waals surface area (Å²) in [7, 11) is 0. The van der Waals surface area contributed by atoms with Gasteiger partial charge in [0.1, 0.15) is 0 Å². The van der Waals surface area contributed by atoms with Crippen LogP contribution in [0, 0.1) is 0 Å². The molecule has 3 rings (SSSR count). The zero-order valence-corrected chi connectivity index (χ0v) is 10.2. The Hall–Kier alpha value is -1.66. The van der Waals surface area contributed by atoms with Crippen LogP contribution in [-0.4, -0.2) is 42.6 Å². The molecule has 2 N–H and O–H groups in total. The highest BCUT2D eigenvalue weighted by Crippen LogP contribution is 2.19. The molecule has 0 saturated carbocycles. The number of rotatable bonds is 3. The summed E-state index contributed by atoms with van der Waals surface area (Å²) in [6.45, 7) is 2.67. The average Bonchev–Trinajstić information content (AvgIpc) is 3.00. The molecule has 0 spiro atoms. The maximum Gasteiger partial charge on any atom is 0.0587 e. The topological polar surface area (TPSA) is 70.0 Å². The molecule has 2 aromatic heterocycles. The minimum Gasteiger partial charge on any atom is -0.395 e. The normalized spacial score (nSPS) is 20.6. The molecule has 1 atom stereocenters. The number of aromatic amines is 1. The number of nitrogens with one attached hydrogen (secondary N) is 1. The first kappa shape index (κ1) is 11.4. The van der Waals surface area contributed by atoms with Crippen LogP contribution in [0.2, 0.25) is 0 Å². The molecule has 96 valence electrons. The van der Waals surface area contributed by atoms with Gasteiger partial charge in [-0.05, 0) is 12.5 Å². The Morgan fingerprint density at radius 1 is 1.50 bits per heavy atom. The van der Waals surface area contributed by atoms with Crippen molar-refractivity contribution in [1.29, 1.82) is 0 Å². The molecule has 2 aromatic rings. The van der Waals surface area contributed by atoms with E-state index >= 15 is 0 Å². The van der Waals surface area contributed by atoms with Gasteiger partial charge in [0.25, 0.3) is 0 Å². The van der Waals surface area contributed by atoms with E-state index in [4.69, 9.17) is 0 Å². The first-order chi connectivity index (χ1) is 8.86. The molecule has 1 unspecified atom stereocenters. The zero-order valence-electron chi connectivity index (χ0n) is 10.2. The fourth-order valence-electron chi connectivity index (χ4n) is 2.48. The molecule has 18 heavy (non-hydrogen) atoms. The molecular formula is C12H17N5O. The van der Waals surface area contributed by atoms with Crippen molar-refractivity contribution >= 4 is 0 Å². The number of nitrogens with zero attached hydrogens (tertiary/aromatic N) is 4. The standard InChI is InChI=1S/C12H17N5O/c18-9-12-2-4-17-11(1-3-15-17)8-16(12)7-10-5-13-14-6-10/h1,3,5-6,12,18H,2,4,7-9H2,(H,13,14). The van der Waals surface area contributed by atoms with Crippen molar-refractivity contribution in [2.24, 2.45) is 0 Å². The van der Waals surface area contributed by atoms with E-state index in [2.05, 4.69) is 20.2 Å². The molecule has 1 aliphatic heterocycles. The Labute approximate surface area is 105 Å². The summed E-state index contributed by atoms with van der Waals surface area (Å²) in [6.07, 6.45) is 6.49. The summed E-state index contributed by atoms with van der Waals surface area (Å²) in [4.78, 5) is 2.28. The molecule has 0 radical (unpaired) electrons. The minimum atomic E-state index is 0.182. The van der Waals surface area contributed by atoms with Crippen molar-refractivity contribution in [3.05, 3.63) is 35.9 Å². The van der Waals surface area contributed by atoms with Crippen LogP contribution in [-0.2, 0) is 19.6 Å². The molecular weight excluding hydrogens is 230 g/mol. The minimum absolute atomic E-state index is 0.182. The maximum atomic E-state index is 9.54. The van der Waals surface area contributed by atoms with Gasteiger partial charge in [-0.3, -0.25) is 14.7 Å². The number of H-pyrrole nitrogens is 1. The number of hydrogen-bond donors (Lipinski definition) is 2. The number of aliphatic hydroxyl groups is 1. The third-order valence-corrected chi connectivity index (χ3v) is 3.51. The lowest BCUT2D eigenvalue weighted by molar-refractivity contribution is 0.108. The SMILES string of the molecule is OCC1CCn2nccc2CN1Cc1cn[nH]c1. The fraction of sp³-hybridized carbons (Fsp3) is 0.500. The lowest BCUT2D eigenvalue weighted by atomic mass is 10.1. The Morgan fingerprint density at radius 2 is 2.44 bits per heavy atom. The molecule has 0 aliphatic carbocycles. The summed E-state index contributed by atoms with van der Waals surface area (Å²) >= 11 is 0. The van der Waals surface area contributed by atoms with Crippen LogP contribution in [0.15, 0.2) is 24.7 Å². The van der Waals surface area contributed by atoms with E-state index in [1.807, 2.05) is 29.3 Å². The molecule has 6 nitrogen and oxygen atoms in total. The van der Waals surface area contributed by atoms with Gasteiger partial charge in [0, 0.05) is 43.6 Å². The van der Waals surface area contributed by atoms with E-state index in [-0.39, 0.29) is 12.6 Å². The van der Waals surface area contributed by atoms with Crippen molar-refractivity contribution in [2.45, 2.75) is 32.1 Å². The van der Waals surface area contributed by atoms with Gasteiger partial charge >= 0.3 is 0 Å².